The van der Waals surface area contributed by atoms with Gasteiger partial charge in [0, 0.05) is 12.5 Å². The lowest BCUT2D eigenvalue weighted by Gasteiger charge is -2.28. The summed E-state index contributed by atoms with van der Waals surface area (Å²) in [7, 11) is 0. The van der Waals surface area contributed by atoms with E-state index in [-0.39, 0.29) is 36.9 Å². The highest BCUT2D eigenvalue weighted by molar-refractivity contribution is 5.82. The smallest absolute Gasteiger partial charge is 0.330 e. The Kier molecular flexibility index (Phi) is 9.96. The van der Waals surface area contributed by atoms with E-state index in [4.69, 9.17) is 18.9 Å². The van der Waals surface area contributed by atoms with Gasteiger partial charge in [0.05, 0.1) is 37.1 Å². The van der Waals surface area contributed by atoms with Crippen LogP contribution >= 0.6 is 0 Å². The van der Waals surface area contributed by atoms with Gasteiger partial charge in [0.15, 0.2) is 0 Å². The molecule has 2 N–H and O–H groups in total. The van der Waals surface area contributed by atoms with Gasteiger partial charge in [-0.05, 0) is 51.4 Å². The molecule has 0 aromatic rings. The van der Waals surface area contributed by atoms with Crippen LogP contribution in [0.15, 0.2) is 60.3 Å². The maximum Gasteiger partial charge on any atom is 0.330 e. The molecule has 0 aliphatic carbocycles. The molecule has 0 radical (unpaired) electrons. The Morgan fingerprint density at radius 1 is 1.14 bits per heavy atom. The summed E-state index contributed by atoms with van der Waals surface area (Å²) in [5, 5.41) is 21.7. The number of hydrogen-bond acceptors (Lipinski definition) is 7. The van der Waals surface area contributed by atoms with E-state index in [9.17, 15) is 15.0 Å². The molecule has 4 rings (SSSR count). The summed E-state index contributed by atoms with van der Waals surface area (Å²) in [4.78, 5) is 12.6. The molecule has 37 heavy (non-hydrogen) atoms. The standard InChI is InChI=1S/C30H42O7/c1-19-12-13-34-23(15-19)10-11-25(31)27-18-28-30(37-28)26(32)17-21(3)14-20(2)16-24-8-4-6-22(35-24)7-5-9-29(33)36-27/h4-6,9-12,20,22-28,30-32H,3,7-8,13-18H2,1-2H3/b9-5-,11-10+/t20-,22-,23+,24-,25-,26-,27?,28-,30?/m0/s1. The highest BCUT2D eigenvalue weighted by Gasteiger charge is 2.46. The number of aliphatic hydroxyl groups excluding tert-OH is 2. The Bertz CT molecular complexity index is 919. The van der Waals surface area contributed by atoms with Crippen molar-refractivity contribution in [3.05, 3.63) is 60.3 Å². The second-order valence-corrected chi connectivity index (χ2v) is 11.0. The molecule has 2 unspecified atom stereocenters. The summed E-state index contributed by atoms with van der Waals surface area (Å²) in [6.07, 6.45) is 14.3. The maximum atomic E-state index is 12.6. The lowest BCUT2D eigenvalue weighted by molar-refractivity contribution is -0.148. The van der Waals surface area contributed by atoms with Gasteiger partial charge in [0.2, 0.25) is 0 Å². The first kappa shape index (κ1) is 28.0. The SMILES string of the molecule is C=C1C[C@H](C)C[C@@H]2CC=C[C@@H](C/C=C\C(=O)OC([C@@H](O)/C=C/[C@@H]3CC(C)=CCO3)C[C@@H]3OC3[C@@H](O)C1)O2. The molecule has 0 aromatic carbocycles. The number of esters is 1. The molecule has 1 fully saturated rings. The van der Waals surface area contributed by atoms with Crippen LogP contribution in [0.3, 0.4) is 0 Å². The van der Waals surface area contributed by atoms with Crippen molar-refractivity contribution in [2.75, 3.05) is 6.61 Å². The number of rotatable bonds is 3. The number of epoxide rings is 1. The number of fused-ring (bicyclic) bond motifs is 3. The predicted molar refractivity (Wildman–Crippen MR) is 141 cm³/mol. The molecular weight excluding hydrogens is 472 g/mol. The van der Waals surface area contributed by atoms with Crippen molar-refractivity contribution in [3.63, 3.8) is 0 Å². The summed E-state index contributed by atoms with van der Waals surface area (Å²) in [6.45, 7) is 8.98. The summed E-state index contributed by atoms with van der Waals surface area (Å²) in [5.74, 6) is -0.141. The van der Waals surface area contributed by atoms with Crippen LogP contribution in [0.4, 0.5) is 0 Å². The third-order valence-corrected chi connectivity index (χ3v) is 7.44. The molecule has 7 nitrogen and oxygen atoms in total. The Morgan fingerprint density at radius 2 is 1.97 bits per heavy atom. The molecular formula is C30H42O7. The zero-order chi connectivity index (χ0) is 26.4. The van der Waals surface area contributed by atoms with E-state index >= 15 is 0 Å². The summed E-state index contributed by atoms with van der Waals surface area (Å²) in [5.41, 5.74) is 2.23. The van der Waals surface area contributed by atoms with Gasteiger partial charge in [-0.25, -0.2) is 4.79 Å². The van der Waals surface area contributed by atoms with Crippen molar-refractivity contribution in [2.45, 2.75) is 108 Å². The van der Waals surface area contributed by atoms with Gasteiger partial charge in [-0.3, -0.25) is 0 Å². The monoisotopic (exact) mass is 514 g/mol. The average Bonchev–Trinajstić information content (AvgIpc) is 3.61. The van der Waals surface area contributed by atoms with Gasteiger partial charge < -0.3 is 29.2 Å². The molecule has 1 saturated heterocycles. The molecule has 2 bridgehead atoms. The Morgan fingerprint density at radius 3 is 2.78 bits per heavy atom. The predicted octanol–water partition coefficient (Wildman–Crippen LogP) is 4.11. The van der Waals surface area contributed by atoms with Gasteiger partial charge in [-0.1, -0.05) is 61.1 Å². The Balaban J connectivity index is 1.44. The molecule has 204 valence electrons. The number of hydrogen-bond donors (Lipinski definition) is 2. The molecule has 0 aromatic heterocycles. The van der Waals surface area contributed by atoms with E-state index < -0.39 is 24.3 Å². The molecule has 7 heteroatoms. The van der Waals surface area contributed by atoms with Crippen LogP contribution in [0.5, 0.6) is 0 Å². The maximum absolute atomic E-state index is 12.6. The molecule has 4 aliphatic rings. The first-order chi connectivity index (χ1) is 17.8. The van der Waals surface area contributed by atoms with Crippen LogP contribution in [0.1, 0.15) is 58.8 Å². The van der Waals surface area contributed by atoms with Crippen LogP contribution in [-0.4, -0.2) is 71.6 Å². The number of ether oxygens (including phenoxy) is 4. The van der Waals surface area contributed by atoms with Crippen LogP contribution in [-0.2, 0) is 23.7 Å². The van der Waals surface area contributed by atoms with E-state index in [1.165, 1.54) is 11.6 Å². The summed E-state index contributed by atoms with van der Waals surface area (Å²) in [6, 6.07) is 0. The lowest BCUT2D eigenvalue weighted by atomic mass is 9.91. The minimum absolute atomic E-state index is 0.0863. The van der Waals surface area contributed by atoms with Crippen molar-refractivity contribution >= 4 is 5.97 Å². The number of carbonyl (C=O) groups excluding carboxylic acids is 1. The van der Waals surface area contributed by atoms with Crippen LogP contribution in [0, 0.1) is 5.92 Å². The lowest BCUT2D eigenvalue weighted by Crippen LogP contribution is -2.32. The zero-order valence-electron chi connectivity index (χ0n) is 22.0. The van der Waals surface area contributed by atoms with Crippen molar-refractivity contribution in [1.29, 1.82) is 0 Å². The second kappa shape index (κ2) is 13.2. The minimum Gasteiger partial charge on any atom is -0.456 e. The fourth-order valence-corrected chi connectivity index (χ4v) is 5.45. The quantitative estimate of drug-likeness (QED) is 0.332. The third kappa shape index (κ3) is 8.76. The zero-order valence-corrected chi connectivity index (χ0v) is 22.0. The Labute approximate surface area is 220 Å². The topological polar surface area (TPSA) is 97.8 Å². The van der Waals surface area contributed by atoms with E-state index in [2.05, 4.69) is 26.5 Å². The molecule has 0 amide bonds. The highest BCUT2D eigenvalue weighted by atomic mass is 16.6. The second-order valence-electron chi connectivity index (χ2n) is 11.0. The van der Waals surface area contributed by atoms with E-state index in [0.29, 0.717) is 25.4 Å². The van der Waals surface area contributed by atoms with Gasteiger partial charge in [0.25, 0.3) is 0 Å². The van der Waals surface area contributed by atoms with Crippen molar-refractivity contribution in [2.24, 2.45) is 5.92 Å². The van der Waals surface area contributed by atoms with E-state index in [1.54, 1.807) is 12.2 Å². The number of aliphatic hydroxyl groups is 2. The fourth-order valence-electron chi connectivity index (χ4n) is 5.45. The van der Waals surface area contributed by atoms with Gasteiger partial charge >= 0.3 is 5.97 Å². The van der Waals surface area contributed by atoms with Crippen LogP contribution in [0.25, 0.3) is 0 Å². The van der Waals surface area contributed by atoms with Gasteiger partial charge in [-0.2, -0.15) is 0 Å². The Hall–Kier alpha value is -2.03. The fraction of sp³-hybridized carbons (Fsp3) is 0.633. The molecule has 0 saturated carbocycles. The van der Waals surface area contributed by atoms with Crippen molar-refractivity contribution < 1.29 is 34.0 Å². The van der Waals surface area contributed by atoms with Crippen LogP contribution in [0.2, 0.25) is 0 Å². The molecule has 0 spiro atoms. The minimum atomic E-state index is -1.03. The number of carbonyl (C=O) groups is 1. The first-order valence-corrected chi connectivity index (χ1v) is 13.6. The van der Waals surface area contributed by atoms with Gasteiger partial charge in [0.1, 0.15) is 18.3 Å². The van der Waals surface area contributed by atoms with E-state index in [1.807, 2.05) is 18.2 Å². The normalized spacial score (nSPS) is 39.6. The van der Waals surface area contributed by atoms with Crippen molar-refractivity contribution in [1.82, 2.24) is 0 Å². The van der Waals surface area contributed by atoms with Crippen molar-refractivity contribution in [3.8, 4) is 0 Å². The molecule has 4 aliphatic heterocycles. The first-order valence-electron chi connectivity index (χ1n) is 13.6. The third-order valence-electron chi connectivity index (χ3n) is 7.44. The van der Waals surface area contributed by atoms with Crippen LogP contribution < -0.4 is 0 Å². The molecule has 4 heterocycles. The molecule has 9 atom stereocenters. The average molecular weight is 515 g/mol. The number of cyclic esters (lactones) is 1. The largest absolute Gasteiger partial charge is 0.456 e. The van der Waals surface area contributed by atoms with E-state index in [0.717, 1.165) is 31.3 Å². The highest BCUT2D eigenvalue weighted by Crippen LogP contribution is 2.35. The van der Waals surface area contributed by atoms with Gasteiger partial charge in [-0.15, -0.1) is 0 Å². The summed E-state index contributed by atoms with van der Waals surface area (Å²) < 4.78 is 23.4. The summed E-state index contributed by atoms with van der Waals surface area (Å²) >= 11 is 0.